The average Bonchev–Trinajstić information content (AvgIpc) is 2.63. The van der Waals surface area contributed by atoms with Gasteiger partial charge >= 0.3 is 0 Å². The van der Waals surface area contributed by atoms with Crippen molar-refractivity contribution in [2.24, 2.45) is 5.92 Å². The number of piperidine rings is 1. The van der Waals surface area contributed by atoms with Crippen molar-refractivity contribution in [1.29, 1.82) is 0 Å². The zero-order valence-corrected chi connectivity index (χ0v) is 15.0. The van der Waals surface area contributed by atoms with Crippen LogP contribution in [0.1, 0.15) is 43.7 Å². The van der Waals surface area contributed by atoms with Gasteiger partial charge in [-0.1, -0.05) is 36.6 Å². The van der Waals surface area contributed by atoms with Crippen molar-refractivity contribution in [1.82, 2.24) is 5.32 Å². The summed E-state index contributed by atoms with van der Waals surface area (Å²) < 4.78 is 5.98. The Labute approximate surface area is 154 Å². The van der Waals surface area contributed by atoms with Crippen molar-refractivity contribution < 1.29 is 9.84 Å². The number of aliphatic hydroxyl groups is 1. The second-order valence-electron chi connectivity index (χ2n) is 7.27. The Hall–Kier alpha value is -1.55. The molecule has 2 aromatic carbocycles. The van der Waals surface area contributed by atoms with Gasteiger partial charge in [0, 0.05) is 17.0 Å². The van der Waals surface area contributed by atoms with E-state index in [1.54, 1.807) is 0 Å². The summed E-state index contributed by atoms with van der Waals surface area (Å²) in [5, 5.41) is 15.4. The van der Waals surface area contributed by atoms with Gasteiger partial charge in [0.1, 0.15) is 11.5 Å². The first-order valence-electron chi connectivity index (χ1n) is 9.13. The lowest BCUT2D eigenvalue weighted by atomic mass is 9.67. The highest BCUT2D eigenvalue weighted by Gasteiger charge is 2.45. The van der Waals surface area contributed by atoms with Crippen molar-refractivity contribution in [3.8, 4) is 11.5 Å². The zero-order valence-electron chi connectivity index (χ0n) is 14.2. The number of halogens is 1. The van der Waals surface area contributed by atoms with Crippen molar-refractivity contribution in [2.45, 2.75) is 43.7 Å². The van der Waals surface area contributed by atoms with Gasteiger partial charge in [0.05, 0.1) is 5.60 Å². The summed E-state index contributed by atoms with van der Waals surface area (Å²) in [6.07, 6.45) is 5.20. The molecule has 2 fully saturated rings. The molecule has 0 aromatic heterocycles. The fourth-order valence-electron chi connectivity index (χ4n) is 4.38. The highest BCUT2D eigenvalue weighted by Crippen LogP contribution is 2.46. The predicted octanol–water partition coefficient (Wildman–Crippen LogP) is 5.09. The third-order valence-electron chi connectivity index (χ3n) is 5.66. The van der Waals surface area contributed by atoms with Gasteiger partial charge < -0.3 is 15.2 Å². The molecule has 2 aromatic rings. The van der Waals surface area contributed by atoms with Gasteiger partial charge in [-0.05, 0) is 67.8 Å². The zero-order chi connectivity index (χ0) is 17.3. The average molecular weight is 358 g/mol. The van der Waals surface area contributed by atoms with Crippen LogP contribution in [-0.4, -0.2) is 17.3 Å². The van der Waals surface area contributed by atoms with Crippen molar-refractivity contribution in [3.63, 3.8) is 0 Å². The molecule has 0 spiro atoms. The standard InChI is InChI=1S/C21H24ClNO2/c22-16-7-9-17(10-8-16)25-18-5-3-4-15(14-18)20-19-6-1-2-11-21(19,24)12-13-23-20/h3-5,7-10,14,19-20,23-24H,1-2,6,11-13H2/t19-,20-,21-/m0/s1. The molecule has 3 atom stereocenters. The topological polar surface area (TPSA) is 41.5 Å². The van der Waals surface area contributed by atoms with Gasteiger partial charge in [-0.25, -0.2) is 0 Å². The fraction of sp³-hybridized carbons (Fsp3) is 0.429. The number of rotatable bonds is 3. The van der Waals surface area contributed by atoms with Crippen LogP contribution in [0.25, 0.3) is 0 Å². The molecule has 2 aliphatic rings. The molecule has 25 heavy (non-hydrogen) atoms. The summed E-state index contributed by atoms with van der Waals surface area (Å²) in [4.78, 5) is 0. The molecule has 4 heteroatoms. The number of nitrogens with one attached hydrogen (secondary N) is 1. The Morgan fingerprint density at radius 2 is 1.88 bits per heavy atom. The van der Waals surface area contributed by atoms with Gasteiger partial charge in [0.25, 0.3) is 0 Å². The molecule has 1 aliphatic carbocycles. The van der Waals surface area contributed by atoms with E-state index in [-0.39, 0.29) is 12.0 Å². The molecule has 3 nitrogen and oxygen atoms in total. The van der Waals surface area contributed by atoms with Crippen LogP contribution in [0.5, 0.6) is 11.5 Å². The quantitative estimate of drug-likeness (QED) is 0.804. The third-order valence-corrected chi connectivity index (χ3v) is 5.91. The molecule has 1 saturated heterocycles. The number of hydrogen-bond donors (Lipinski definition) is 2. The van der Waals surface area contributed by atoms with E-state index in [1.807, 2.05) is 36.4 Å². The summed E-state index contributed by atoms with van der Waals surface area (Å²) in [6, 6.07) is 15.8. The summed E-state index contributed by atoms with van der Waals surface area (Å²) in [6.45, 7) is 0.861. The number of benzene rings is 2. The minimum absolute atomic E-state index is 0.188. The maximum Gasteiger partial charge on any atom is 0.127 e. The third kappa shape index (κ3) is 3.55. The Balaban J connectivity index is 1.57. The predicted molar refractivity (Wildman–Crippen MR) is 100 cm³/mol. The van der Waals surface area contributed by atoms with Crippen LogP contribution in [0.2, 0.25) is 5.02 Å². The lowest BCUT2D eigenvalue weighted by molar-refractivity contribution is -0.0861. The molecule has 1 heterocycles. The number of hydrogen-bond acceptors (Lipinski definition) is 3. The summed E-state index contributed by atoms with van der Waals surface area (Å²) in [5.41, 5.74) is 0.679. The molecule has 0 radical (unpaired) electrons. The maximum absolute atomic E-state index is 11.1. The van der Waals surface area contributed by atoms with Crippen LogP contribution >= 0.6 is 11.6 Å². The highest BCUT2D eigenvalue weighted by molar-refractivity contribution is 6.30. The van der Waals surface area contributed by atoms with Gasteiger partial charge in [0.15, 0.2) is 0 Å². The second-order valence-corrected chi connectivity index (χ2v) is 7.70. The van der Waals surface area contributed by atoms with Crippen molar-refractivity contribution in [3.05, 3.63) is 59.1 Å². The van der Waals surface area contributed by atoms with E-state index in [4.69, 9.17) is 16.3 Å². The Kier molecular flexibility index (Phi) is 4.72. The summed E-state index contributed by atoms with van der Waals surface area (Å²) >= 11 is 5.93. The van der Waals surface area contributed by atoms with Crippen LogP contribution in [0.15, 0.2) is 48.5 Å². The Bertz CT molecular complexity index is 729. The lowest BCUT2D eigenvalue weighted by Gasteiger charge is -2.48. The van der Waals surface area contributed by atoms with Crippen molar-refractivity contribution >= 4 is 11.6 Å². The molecule has 0 unspecified atom stereocenters. The normalized spacial score (nSPS) is 29.0. The highest BCUT2D eigenvalue weighted by atomic mass is 35.5. The first-order chi connectivity index (χ1) is 12.1. The minimum Gasteiger partial charge on any atom is -0.457 e. The lowest BCUT2D eigenvalue weighted by Crippen LogP contribution is -2.53. The van der Waals surface area contributed by atoms with Crippen molar-refractivity contribution in [2.75, 3.05) is 6.54 Å². The van der Waals surface area contributed by atoms with Crippen LogP contribution in [0.4, 0.5) is 0 Å². The molecule has 2 N–H and O–H groups in total. The van der Waals surface area contributed by atoms with Crippen LogP contribution in [0.3, 0.4) is 0 Å². The second kappa shape index (κ2) is 6.99. The molecule has 132 valence electrons. The van der Waals surface area contributed by atoms with Crippen LogP contribution in [0, 0.1) is 5.92 Å². The van der Waals surface area contributed by atoms with E-state index >= 15 is 0 Å². The monoisotopic (exact) mass is 357 g/mol. The molecule has 1 aliphatic heterocycles. The summed E-state index contributed by atoms with van der Waals surface area (Å²) in [5.74, 6) is 1.86. The molecule has 1 saturated carbocycles. The SMILES string of the molecule is O[C@]12CCCC[C@H]1[C@H](c1cccc(Oc3ccc(Cl)cc3)c1)NCC2. The van der Waals surface area contributed by atoms with Crippen LogP contribution < -0.4 is 10.1 Å². The number of ether oxygens (including phenoxy) is 1. The Morgan fingerprint density at radius 1 is 1.04 bits per heavy atom. The van der Waals surface area contributed by atoms with Gasteiger partial charge in [0.2, 0.25) is 0 Å². The van der Waals surface area contributed by atoms with E-state index in [2.05, 4.69) is 17.4 Å². The van der Waals surface area contributed by atoms with E-state index in [0.717, 1.165) is 43.7 Å². The van der Waals surface area contributed by atoms with E-state index in [0.29, 0.717) is 5.02 Å². The maximum atomic E-state index is 11.1. The molecule has 0 amide bonds. The smallest absolute Gasteiger partial charge is 0.127 e. The minimum atomic E-state index is -0.513. The molecular weight excluding hydrogens is 334 g/mol. The van der Waals surface area contributed by atoms with Gasteiger partial charge in [-0.3, -0.25) is 0 Å². The Morgan fingerprint density at radius 3 is 2.72 bits per heavy atom. The molecule has 4 rings (SSSR count). The van der Waals surface area contributed by atoms with E-state index < -0.39 is 5.60 Å². The van der Waals surface area contributed by atoms with E-state index in [9.17, 15) is 5.11 Å². The molecular formula is C21H24ClNO2. The van der Waals surface area contributed by atoms with Gasteiger partial charge in [-0.2, -0.15) is 0 Å². The van der Waals surface area contributed by atoms with Crippen LogP contribution in [-0.2, 0) is 0 Å². The summed E-state index contributed by atoms with van der Waals surface area (Å²) in [7, 11) is 0. The largest absolute Gasteiger partial charge is 0.457 e. The van der Waals surface area contributed by atoms with E-state index in [1.165, 1.54) is 12.0 Å². The van der Waals surface area contributed by atoms with Gasteiger partial charge in [-0.15, -0.1) is 0 Å². The number of fused-ring (bicyclic) bond motifs is 1. The first-order valence-corrected chi connectivity index (χ1v) is 9.51. The first kappa shape index (κ1) is 16.9. The molecule has 0 bridgehead atoms. The fourth-order valence-corrected chi connectivity index (χ4v) is 4.51.